The van der Waals surface area contributed by atoms with Crippen LogP contribution in [-0.2, 0) is 4.79 Å². The summed E-state index contributed by atoms with van der Waals surface area (Å²) >= 11 is 0. The van der Waals surface area contributed by atoms with Crippen molar-refractivity contribution in [3.63, 3.8) is 0 Å². The quantitative estimate of drug-likeness (QED) is 0.822. The summed E-state index contributed by atoms with van der Waals surface area (Å²) in [4.78, 5) is 14.3. The van der Waals surface area contributed by atoms with Gasteiger partial charge >= 0.3 is 0 Å². The van der Waals surface area contributed by atoms with E-state index in [0.717, 1.165) is 25.8 Å². The van der Waals surface area contributed by atoms with Gasteiger partial charge in [0.25, 0.3) is 0 Å². The second-order valence-electron chi connectivity index (χ2n) is 6.75. The molecule has 19 heavy (non-hydrogen) atoms. The minimum Gasteiger partial charge on any atom is -0.374 e. The zero-order valence-corrected chi connectivity index (χ0v) is 12.6. The van der Waals surface area contributed by atoms with Crippen molar-refractivity contribution in [2.24, 2.45) is 11.3 Å². The Kier molecular flexibility index (Phi) is 3.98. The van der Waals surface area contributed by atoms with E-state index in [1.54, 1.807) is 0 Å². The summed E-state index contributed by atoms with van der Waals surface area (Å²) in [5.41, 5.74) is 2.78. The van der Waals surface area contributed by atoms with Crippen molar-refractivity contribution >= 4 is 11.5 Å². The Morgan fingerprint density at radius 3 is 2.53 bits per heavy atom. The molecule has 104 valence electrons. The maximum absolute atomic E-state index is 12.1. The van der Waals surface area contributed by atoms with Crippen LogP contribution in [-0.4, -0.2) is 19.4 Å². The summed E-state index contributed by atoms with van der Waals surface area (Å²) in [6.45, 7) is 7.49. The molecule has 0 amide bonds. The number of carbonyl (C=O) groups excluding carboxylic acids is 1. The van der Waals surface area contributed by atoms with Gasteiger partial charge in [-0.25, -0.2) is 0 Å². The Balaban J connectivity index is 2.03. The largest absolute Gasteiger partial charge is 0.374 e. The van der Waals surface area contributed by atoms with Crippen LogP contribution in [0.2, 0.25) is 0 Å². The van der Waals surface area contributed by atoms with Crippen LogP contribution in [0.4, 0.5) is 5.69 Å². The standard InChI is InChI=1S/C17H25NO/c1-13-5-7-15(8-6-13)18(4)12-14-11-17(2,3)10-9-16(14)19/h5-8,14H,9-12H2,1-4H3. The lowest BCUT2D eigenvalue weighted by Gasteiger charge is -2.36. The molecule has 2 nitrogen and oxygen atoms in total. The van der Waals surface area contributed by atoms with E-state index in [-0.39, 0.29) is 5.92 Å². The zero-order valence-electron chi connectivity index (χ0n) is 12.6. The number of carbonyl (C=O) groups is 1. The van der Waals surface area contributed by atoms with Crippen LogP contribution in [0.25, 0.3) is 0 Å². The maximum Gasteiger partial charge on any atom is 0.137 e. The summed E-state index contributed by atoms with van der Waals surface area (Å²) in [6, 6.07) is 8.51. The molecule has 1 aliphatic carbocycles. The molecule has 1 saturated carbocycles. The van der Waals surface area contributed by atoms with Crippen molar-refractivity contribution in [3.05, 3.63) is 29.8 Å². The SMILES string of the molecule is Cc1ccc(N(C)CC2CC(C)(C)CCC2=O)cc1. The minimum absolute atomic E-state index is 0.190. The Hall–Kier alpha value is -1.31. The van der Waals surface area contributed by atoms with E-state index in [1.807, 2.05) is 0 Å². The average molecular weight is 259 g/mol. The van der Waals surface area contributed by atoms with Crippen LogP contribution in [0.1, 0.15) is 38.7 Å². The summed E-state index contributed by atoms with van der Waals surface area (Å²) in [7, 11) is 2.08. The number of benzene rings is 1. The fourth-order valence-corrected chi connectivity index (χ4v) is 2.95. The molecule has 0 heterocycles. The number of rotatable bonds is 3. The van der Waals surface area contributed by atoms with E-state index < -0.39 is 0 Å². The predicted molar refractivity (Wildman–Crippen MR) is 80.6 cm³/mol. The molecule has 0 saturated heterocycles. The molecule has 1 aliphatic rings. The lowest BCUT2D eigenvalue weighted by molar-refractivity contribution is -0.126. The minimum atomic E-state index is 0.190. The van der Waals surface area contributed by atoms with Gasteiger partial charge in [0, 0.05) is 31.6 Å². The summed E-state index contributed by atoms with van der Waals surface area (Å²) in [5.74, 6) is 0.633. The van der Waals surface area contributed by atoms with Crippen molar-refractivity contribution in [1.29, 1.82) is 0 Å². The monoisotopic (exact) mass is 259 g/mol. The predicted octanol–water partition coefficient (Wildman–Crippen LogP) is 3.83. The number of ketones is 1. The molecule has 0 aromatic heterocycles. The third-order valence-corrected chi connectivity index (χ3v) is 4.27. The van der Waals surface area contributed by atoms with Gasteiger partial charge in [-0.05, 0) is 37.3 Å². The topological polar surface area (TPSA) is 20.3 Å². The van der Waals surface area contributed by atoms with Crippen molar-refractivity contribution in [1.82, 2.24) is 0 Å². The zero-order chi connectivity index (χ0) is 14.0. The second kappa shape index (κ2) is 5.36. The van der Waals surface area contributed by atoms with Crippen LogP contribution in [0.15, 0.2) is 24.3 Å². The highest BCUT2D eigenvalue weighted by Crippen LogP contribution is 2.37. The fraction of sp³-hybridized carbons (Fsp3) is 0.588. The maximum atomic E-state index is 12.1. The molecule has 1 fully saturated rings. The molecular weight excluding hydrogens is 234 g/mol. The van der Waals surface area contributed by atoms with E-state index in [4.69, 9.17) is 0 Å². The summed E-state index contributed by atoms with van der Waals surface area (Å²) in [6.07, 6.45) is 2.80. The number of hydrogen-bond acceptors (Lipinski definition) is 2. The van der Waals surface area contributed by atoms with Crippen molar-refractivity contribution in [2.75, 3.05) is 18.5 Å². The number of Topliss-reactive ketones (excluding diaryl/α,β-unsaturated/α-hetero) is 1. The van der Waals surface area contributed by atoms with Gasteiger partial charge in [-0.2, -0.15) is 0 Å². The molecule has 2 heteroatoms. The van der Waals surface area contributed by atoms with Gasteiger partial charge in [-0.3, -0.25) is 4.79 Å². The van der Waals surface area contributed by atoms with Crippen molar-refractivity contribution in [2.45, 2.75) is 40.0 Å². The van der Waals surface area contributed by atoms with E-state index in [1.165, 1.54) is 11.3 Å². The molecule has 1 unspecified atom stereocenters. The number of anilines is 1. The van der Waals surface area contributed by atoms with E-state index >= 15 is 0 Å². The smallest absolute Gasteiger partial charge is 0.137 e. The van der Waals surface area contributed by atoms with Gasteiger partial charge in [-0.1, -0.05) is 31.5 Å². The van der Waals surface area contributed by atoms with E-state index in [0.29, 0.717) is 11.2 Å². The Morgan fingerprint density at radius 1 is 1.26 bits per heavy atom. The highest BCUT2D eigenvalue weighted by Gasteiger charge is 2.34. The molecule has 0 radical (unpaired) electrons. The van der Waals surface area contributed by atoms with Crippen LogP contribution in [0.3, 0.4) is 0 Å². The Morgan fingerprint density at radius 2 is 1.89 bits per heavy atom. The Labute approximate surface area is 116 Å². The second-order valence-corrected chi connectivity index (χ2v) is 6.75. The number of hydrogen-bond donors (Lipinski definition) is 0. The van der Waals surface area contributed by atoms with Crippen molar-refractivity contribution in [3.8, 4) is 0 Å². The van der Waals surface area contributed by atoms with Crippen LogP contribution in [0, 0.1) is 18.3 Å². The normalized spacial score (nSPS) is 22.3. The fourth-order valence-electron chi connectivity index (χ4n) is 2.95. The Bertz CT molecular complexity index is 447. The van der Waals surface area contributed by atoms with Crippen LogP contribution < -0.4 is 4.90 Å². The van der Waals surface area contributed by atoms with Gasteiger partial charge in [0.15, 0.2) is 0 Å². The molecule has 0 aliphatic heterocycles. The average Bonchev–Trinajstić information content (AvgIpc) is 2.34. The van der Waals surface area contributed by atoms with Gasteiger partial charge in [-0.15, -0.1) is 0 Å². The molecule has 1 atom stereocenters. The number of aryl methyl sites for hydroxylation is 1. The molecular formula is C17H25NO. The van der Waals surface area contributed by atoms with Gasteiger partial charge in [0.05, 0.1) is 0 Å². The molecule has 0 N–H and O–H groups in total. The first-order chi connectivity index (χ1) is 8.87. The van der Waals surface area contributed by atoms with Crippen molar-refractivity contribution < 1.29 is 4.79 Å². The lowest BCUT2D eigenvalue weighted by Crippen LogP contribution is -2.37. The highest BCUT2D eigenvalue weighted by atomic mass is 16.1. The molecule has 1 aromatic rings. The summed E-state index contributed by atoms with van der Waals surface area (Å²) < 4.78 is 0. The first kappa shape index (κ1) is 14.1. The highest BCUT2D eigenvalue weighted by molar-refractivity contribution is 5.82. The van der Waals surface area contributed by atoms with E-state index in [2.05, 4.69) is 57.0 Å². The van der Waals surface area contributed by atoms with E-state index in [9.17, 15) is 4.79 Å². The first-order valence-corrected chi connectivity index (χ1v) is 7.18. The van der Waals surface area contributed by atoms with Crippen LogP contribution >= 0.6 is 0 Å². The third kappa shape index (κ3) is 3.59. The number of nitrogens with zero attached hydrogens (tertiary/aromatic N) is 1. The third-order valence-electron chi connectivity index (χ3n) is 4.27. The molecule has 1 aromatic carbocycles. The van der Waals surface area contributed by atoms with Gasteiger partial charge < -0.3 is 4.90 Å². The first-order valence-electron chi connectivity index (χ1n) is 7.18. The van der Waals surface area contributed by atoms with Gasteiger partial charge in [0.2, 0.25) is 0 Å². The molecule has 0 bridgehead atoms. The lowest BCUT2D eigenvalue weighted by atomic mass is 9.71. The molecule has 2 rings (SSSR count). The molecule has 0 spiro atoms. The van der Waals surface area contributed by atoms with Gasteiger partial charge in [0.1, 0.15) is 5.78 Å². The summed E-state index contributed by atoms with van der Waals surface area (Å²) in [5, 5.41) is 0. The van der Waals surface area contributed by atoms with Crippen LogP contribution in [0.5, 0.6) is 0 Å².